The number of rotatable bonds is 10. The first kappa shape index (κ1) is 41.0. The summed E-state index contributed by atoms with van der Waals surface area (Å²) in [7, 11) is 21.6. The van der Waals surface area contributed by atoms with Crippen LogP contribution in [-0.2, 0) is 27.9 Å². The van der Waals surface area contributed by atoms with Crippen LogP contribution in [0.1, 0.15) is 88.6 Å². The molecule has 0 saturated carbocycles. The molecule has 6 aromatic rings. The molecule has 0 radical (unpaired) electrons. The summed E-state index contributed by atoms with van der Waals surface area (Å²) < 4.78 is 24.9. The number of benzene rings is 4. The molecule has 2 aromatic heterocycles. The van der Waals surface area contributed by atoms with Gasteiger partial charge in [-0.15, -0.1) is 0 Å². The minimum absolute atomic E-state index is 0.287. The predicted molar refractivity (Wildman–Crippen MR) is 242 cm³/mol. The van der Waals surface area contributed by atoms with Crippen molar-refractivity contribution in [1.29, 1.82) is 0 Å². The molecule has 8 heteroatoms. The van der Waals surface area contributed by atoms with Crippen molar-refractivity contribution in [3.8, 4) is 33.8 Å². The summed E-state index contributed by atoms with van der Waals surface area (Å²) in [5, 5.41) is 0. The molecular weight excluding hydrogens is 855 g/mol. The molecule has 298 valence electrons. The second-order valence-electron chi connectivity index (χ2n) is 16.2. The second kappa shape index (κ2) is 15.3. The van der Waals surface area contributed by atoms with Gasteiger partial charge in [0.25, 0.3) is 0 Å². The number of hydrogen-bond donors (Lipinski definition) is 0. The maximum absolute atomic E-state index is 9.05. The molecule has 4 nitrogen and oxygen atoms in total. The van der Waals surface area contributed by atoms with Crippen molar-refractivity contribution in [3.05, 3.63) is 152 Å². The first-order chi connectivity index (χ1) is 27.8. The summed E-state index contributed by atoms with van der Waals surface area (Å²) in [4.78, 5) is 0. The minimum atomic E-state index is -5.51. The van der Waals surface area contributed by atoms with Crippen LogP contribution in [0.3, 0.4) is 0 Å². The molecule has 2 aliphatic rings. The summed E-state index contributed by atoms with van der Waals surface area (Å²) in [5.74, 6) is 5.11. The zero-order valence-electron chi connectivity index (χ0n) is 35.2. The Labute approximate surface area is 351 Å². The molecule has 0 N–H and O–H groups in total. The van der Waals surface area contributed by atoms with Crippen LogP contribution in [0.4, 0.5) is 0 Å². The molecule has 0 bridgehead atoms. The number of ether oxygens (including phenoxy) is 2. The molecule has 8 rings (SSSR count). The van der Waals surface area contributed by atoms with Crippen molar-refractivity contribution in [2.45, 2.75) is 74.7 Å². The van der Waals surface area contributed by atoms with Gasteiger partial charge in [-0.25, -0.2) is 0 Å². The van der Waals surface area contributed by atoms with E-state index in [2.05, 4.69) is 114 Å². The van der Waals surface area contributed by atoms with Gasteiger partial charge in [0, 0.05) is 0 Å². The van der Waals surface area contributed by atoms with Crippen molar-refractivity contribution in [2.24, 2.45) is 0 Å². The molecule has 0 fully saturated rings. The Bertz CT molecular complexity index is 2560. The second-order valence-corrected chi connectivity index (χ2v) is 55.0. The van der Waals surface area contributed by atoms with Crippen LogP contribution in [0.2, 0.25) is 13.1 Å². The van der Waals surface area contributed by atoms with E-state index in [0.29, 0.717) is 0 Å². The van der Waals surface area contributed by atoms with Crippen LogP contribution >= 0.6 is 17.0 Å². The molecule has 0 amide bonds. The average molecular weight is 907 g/mol. The molecule has 58 heavy (non-hydrogen) atoms. The van der Waals surface area contributed by atoms with Crippen LogP contribution in [0.25, 0.3) is 45.6 Å². The Kier molecular flexibility index (Phi) is 10.8. The third-order valence-corrected chi connectivity index (χ3v) is 59.3. The van der Waals surface area contributed by atoms with E-state index in [-0.39, 0.29) is 7.25 Å². The Hall–Kier alpha value is -3.80. The number of halogens is 2. The summed E-state index contributed by atoms with van der Waals surface area (Å²) in [5.41, 5.74) is 14.4. The third-order valence-electron chi connectivity index (χ3n) is 13.0. The van der Waals surface area contributed by atoms with Crippen LogP contribution in [-0.4, -0.2) is 19.7 Å². The Morgan fingerprint density at radius 3 is 1.33 bits per heavy atom. The van der Waals surface area contributed by atoms with Crippen LogP contribution < -0.4 is 9.47 Å². The summed E-state index contributed by atoms with van der Waals surface area (Å²) in [6.45, 7) is 17.4. The molecule has 2 aliphatic carbocycles. The van der Waals surface area contributed by atoms with Gasteiger partial charge in [0.1, 0.15) is 0 Å². The van der Waals surface area contributed by atoms with E-state index in [1.54, 1.807) is 14.2 Å². The molecule has 0 spiro atoms. The van der Waals surface area contributed by atoms with Gasteiger partial charge in [0.15, 0.2) is 0 Å². The standard InChI is InChI=1S/2C24H23O2.C2H6Si.2ClH.Zr/c2*1-5-17-10-11-18-13-19(23-12-15(2)16(3)26-23)14-21(18)24(17)20-8-6-7-9-22(20)25-4;1-3-2;;;/h2*6-14H,5H2,1-4H3;1-2H3;2*1H;/q;;;;;+2/p-2. The van der Waals surface area contributed by atoms with E-state index < -0.39 is 20.4 Å². The Morgan fingerprint density at radius 2 is 1.00 bits per heavy atom. The fourth-order valence-corrected chi connectivity index (χ4v) is 37.3. The fourth-order valence-electron chi connectivity index (χ4n) is 9.66. The summed E-state index contributed by atoms with van der Waals surface area (Å²) in [6.07, 6.45) is 6.41. The quantitative estimate of drug-likeness (QED) is 0.129. The molecular formula is C50H52Cl2O4SiZr. The van der Waals surface area contributed by atoms with E-state index in [1.165, 1.54) is 11.1 Å². The summed E-state index contributed by atoms with van der Waals surface area (Å²) in [6, 6.07) is 30.2. The molecule has 4 aromatic carbocycles. The van der Waals surface area contributed by atoms with E-state index >= 15 is 0 Å². The number of aryl methyl sites for hydroxylation is 6. The SMILES string of the molecule is CCc1ccc2c(c1-c1ccccc1OC)C=C(c1cc(C)c(C)o1)[CH]2[Zr]([Cl])([Cl])([CH]1C(c2cc(C)c(C)o2)=Cc2c1ccc(CC)c2-c1ccccc1OC)=[Si](C)C. The molecule has 2 unspecified atom stereocenters. The van der Waals surface area contributed by atoms with Gasteiger partial charge < -0.3 is 0 Å². The van der Waals surface area contributed by atoms with Crippen molar-refractivity contribution in [3.63, 3.8) is 0 Å². The number of fused-ring (bicyclic) bond motifs is 2. The zero-order valence-corrected chi connectivity index (χ0v) is 40.2. The maximum atomic E-state index is 9.05. The van der Waals surface area contributed by atoms with Crippen LogP contribution in [0.5, 0.6) is 11.5 Å². The van der Waals surface area contributed by atoms with Crippen molar-refractivity contribution in [1.82, 2.24) is 0 Å². The van der Waals surface area contributed by atoms with Crippen molar-refractivity contribution >= 4 is 45.8 Å². The monoisotopic (exact) mass is 904 g/mol. The van der Waals surface area contributed by atoms with Crippen molar-refractivity contribution in [2.75, 3.05) is 14.2 Å². The Morgan fingerprint density at radius 1 is 0.603 bits per heavy atom. The van der Waals surface area contributed by atoms with Gasteiger partial charge in [0.05, 0.1) is 0 Å². The topological polar surface area (TPSA) is 44.7 Å². The van der Waals surface area contributed by atoms with E-state index in [9.17, 15) is 0 Å². The number of allylic oxidation sites excluding steroid dienone is 2. The van der Waals surface area contributed by atoms with Gasteiger partial charge in [-0.3, -0.25) is 0 Å². The van der Waals surface area contributed by atoms with Gasteiger partial charge in [0.2, 0.25) is 0 Å². The molecule has 2 heterocycles. The van der Waals surface area contributed by atoms with E-state index in [0.717, 1.165) is 114 Å². The van der Waals surface area contributed by atoms with Crippen molar-refractivity contribution < 1.29 is 33.3 Å². The van der Waals surface area contributed by atoms with Gasteiger partial charge in [-0.2, -0.15) is 0 Å². The molecule has 2 atom stereocenters. The summed E-state index contributed by atoms with van der Waals surface area (Å²) >= 11 is -5.51. The predicted octanol–water partition coefficient (Wildman–Crippen LogP) is 14.7. The number of methoxy groups -OCH3 is 2. The van der Waals surface area contributed by atoms with Gasteiger partial charge in [-0.05, 0) is 0 Å². The van der Waals surface area contributed by atoms with Crippen LogP contribution in [0.15, 0.2) is 93.8 Å². The first-order valence-electron chi connectivity index (χ1n) is 20.3. The zero-order chi connectivity index (χ0) is 41.3. The van der Waals surface area contributed by atoms with E-state index in [1.807, 2.05) is 38.1 Å². The number of para-hydroxylation sites is 2. The molecule has 0 aliphatic heterocycles. The number of hydrogen-bond acceptors (Lipinski definition) is 4. The average Bonchev–Trinajstić information content (AvgIpc) is 3.99. The van der Waals surface area contributed by atoms with Crippen LogP contribution in [0, 0.1) is 27.7 Å². The normalized spacial score (nSPS) is 16.2. The van der Waals surface area contributed by atoms with Gasteiger partial charge >= 0.3 is 354 Å². The fraction of sp³-hybridized carbons (Fsp3) is 0.280. The molecule has 0 saturated heterocycles. The number of furan rings is 2. The Balaban J connectivity index is 1.50. The third kappa shape index (κ3) is 6.23. The first-order valence-corrected chi connectivity index (χ1v) is 35.7. The van der Waals surface area contributed by atoms with Gasteiger partial charge in [-0.1, -0.05) is 0 Å². The van der Waals surface area contributed by atoms with E-state index in [4.69, 9.17) is 35.3 Å².